The molecular weight excluding hydrogens is 405 g/mol. The number of halogens is 4. The number of hydrogen-bond donors (Lipinski definition) is 3. The van der Waals surface area contributed by atoms with Gasteiger partial charge in [-0.3, -0.25) is 23.9 Å². The van der Waals surface area contributed by atoms with Crippen LogP contribution in [0.2, 0.25) is 5.02 Å². The molecule has 12 heteroatoms. The third-order valence-electron chi connectivity index (χ3n) is 4.22. The first-order valence-electron chi connectivity index (χ1n) is 7.77. The number of anilines is 1. The molecule has 148 valence electrons. The summed E-state index contributed by atoms with van der Waals surface area (Å²) in [4.78, 5) is 50.0. The lowest BCUT2D eigenvalue weighted by Crippen LogP contribution is -2.61. The number of benzene rings is 1. The van der Waals surface area contributed by atoms with Crippen LogP contribution < -0.4 is 21.9 Å². The van der Waals surface area contributed by atoms with Gasteiger partial charge in [0.15, 0.2) is 0 Å². The molecule has 0 spiro atoms. The van der Waals surface area contributed by atoms with E-state index < -0.39 is 46.2 Å². The Kier molecular flexibility index (Phi) is 4.58. The number of rotatable bonds is 3. The number of fused-ring (bicyclic) bond motifs is 1. The number of aromatic nitrogens is 2. The second-order valence-electron chi connectivity index (χ2n) is 6.04. The summed E-state index contributed by atoms with van der Waals surface area (Å²) in [6.07, 6.45) is -5.35. The standard InChI is InChI=1S/C16H12ClF3N4O4/c1-7(25)23-15(16(18,19)20)10-11(21-13(15)27)24(14(28)22-12(10)26)6-8-4-2-3-5-9(8)17/h2-5H,6H2,1H3,(H,21,27)(H,23,25)(H,22,26,28)/t15-/m1/s1. The van der Waals surface area contributed by atoms with Crippen molar-refractivity contribution in [3.05, 3.63) is 61.3 Å². The van der Waals surface area contributed by atoms with Crippen LogP contribution in [0.1, 0.15) is 18.1 Å². The minimum Gasteiger partial charge on any atom is -0.331 e. The number of carbonyl (C=O) groups is 2. The topological polar surface area (TPSA) is 113 Å². The van der Waals surface area contributed by atoms with E-state index in [0.717, 1.165) is 11.5 Å². The van der Waals surface area contributed by atoms with Crippen molar-refractivity contribution in [3.63, 3.8) is 0 Å². The van der Waals surface area contributed by atoms with Crippen molar-refractivity contribution in [2.75, 3.05) is 5.32 Å². The number of nitrogens with zero attached hydrogens (tertiary/aromatic N) is 1. The zero-order valence-electron chi connectivity index (χ0n) is 14.1. The molecule has 2 amide bonds. The van der Waals surface area contributed by atoms with Crippen LogP contribution in [-0.4, -0.2) is 27.5 Å². The molecule has 0 fully saturated rings. The van der Waals surface area contributed by atoms with Gasteiger partial charge in [-0.1, -0.05) is 29.8 Å². The smallest absolute Gasteiger partial charge is 0.331 e. The molecule has 0 saturated carbocycles. The minimum atomic E-state index is -5.35. The SMILES string of the molecule is CC(=O)N[C@@]1(C(F)(F)F)C(=O)Nc2c1c(=O)[nH]c(=O)n2Cc1ccccc1Cl. The zero-order valence-corrected chi connectivity index (χ0v) is 14.9. The molecule has 0 bridgehead atoms. The molecule has 1 aliphatic heterocycles. The van der Waals surface area contributed by atoms with Gasteiger partial charge in [-0.15, -0.1) is 0 Å². The zero-order chi connectivity index (χ0) is 20.9. The van der Waals surface area contributed by atoms with Crippen LogP contribution in [0, 0.1) is 0 Å². The highest BCUT2D eigenvalue weighted by atomic mass is 35.5. The van der Waals surface area contributed by atoms with E-state index in [-0.39, 0.29) is 11.6 Å². The molecule has 1 atom stereocenters. The summed E-state index contributed by atoms with van der Waals surface area (Å²) < 4.78 is 42.4. The molecule has 2 aromatic rings. The van der Waals surface area contributed by atoms with Crippen LogP contribution in [0.15, 0.2) is 33.9 Å². The summed E-state index contributed by atoms with van der Waals surface area (Å²) in [6, 6.07) is 6.23. The average molecular weight is 417 g/mol. The van der Waals surface area contributed by atoms with E-state index in [4.69, 9.17) is 11.6 Å². The Labute approximate surface area is 159 Å². The number of H-pyrrole nitrogens is 1. The highest BCUT2D eigenvalue weighted by Gasteiger charge is 2.68. The fourth-order valence-electron chi connectivity index (χ4n) is 3.04. The van der Waals surface area contributed by atoms with E-state index in [2.05, 4.69) is 0 Å². The van der Waals surface area contributed by atoms with Crippen molar-refractivity contribution < 1.29 is 22.8 Å². The third kappa shape index (κ3) is 2.87. The molecule has 28 heavy (non-hydrogen) atoms. The van der Waals surface area contributed by atoms with Crippen molar-refractivity contribution >= 4 is 29.2 Å². The number of nitrogens with one attached hydrogen (secondary N) is 3. The molecule has 0 saturated heterocycles. The van der Waals surface area contributed by atoms with Crippen molar-refractivity contribution in [2.24, 2.45) is 0 Å². The van der Waals surface area contributed by atoms with Gasteiger partial charge in [0.2, 0.25) is 11.4 Å². The van der Waals surface area contributed by atoms with E-state index >= 15 is 0 Å². The highest BCUT2D eigenvalue weighted by molar-refractivity contribution is 6.31. The maximum absolute atomic E-state index is 13.9. The Balaban J connectivity index is 2.31. The Hall–Kier alpha value is -3.08. The average Bonchev–Trinajstić information content (AvgIpc) is 2.86. The molecule has 1 aliphatic rings. The molecule has 1 aromatic heterocycles. The Morgan fingerprint density at radius 2 is 1.89 bits per heavy atom. The molecule has 0 aliphatic carbocycles. The summed E-state index contributed by atoms with van der Waals surface area (Å²) >= 11 is 6.02. The van der Waals surface area contributed by atoms with Crippen molar-refractivity contribution in [1.29, 1.82) is 0 Å². The largest absolute Gasteiger partial charge is 0.425 e. The van der Waals surface area contributed by atoms with Crippen LogP contribution in [0.25, 0.3) is 0 Å². The van der Waals surface area contributed by atoms with Gasteiger partial charge in [-0.25, -0.2) is 4.79 Å². The Morgan fingerprint density at radius 3 is 2.46 bits per heavy atom. The van der Waals surface area contributed by atoms with E-state index in [1.807, 2.05) is 5.32 Å². The van der Waals surface area contributed by atoms with Crippen LogP contribution >= 0.6 is 11.6 Å². The summed E-state index contributed by atoms with van der Waals surface area (Å²) in [5.41, 5.74) is -6.88. The Bertz CT molecular complexity index is 1110. The fourth-order valence-corrected chi connectivity index (χ4v) is 3.23. The molecule has 2 heterocycles. The van der Waals surface area contributed by atoms with Crippen molar-refractivity contribution in [2.45, 2.75) is 25.2 Å². The van der Waals surface area contributed by atoms with Crippen LogP contribution in [0.4, 0.5) is 19.0 Å². The monoisotopic (exact) mass is 416 g/mol. The van der Waals surface area contributed by atoms with Crippen LogP contribution in [0.3, 0.4) is 0 Å². The number of carbonyl (C=O) groups excluding carboxylic acids is 2. The summed E-state index contributed by atoms with van der Waals surface area (Å²) in [7, 11) is 0. The second kappa shape index (κ2) is 6.51. The molecular formula is C16H12ClF3N4O4. The molecule has 1 aromatic carbocycles. The number of hydrogen-bond acceptors (Lipinski definition) is 4. The van der Waals surface area contributed by atoms with Gasteiger partial charge < -0.3 is 10.6 Å². The van der Waals surface area contributed by atoms with Gasteiger partial charge in [0, 0.05) is 11.9 Å². The number of aromatic amines is 1. The van der Waals surface area contributed by atoms with Gasteiger partial charge in [0.1, 0.15) is 11.4 Å². The first-order valence-corrected chi connectivity index (χ1v) is 8.14. The maximum atomic E-state index is 13.9. The van der Waals surface area contributed by atoms with Gasteiger partial charge >= 0.3 is 11.9 Å². The van der Waals surface area contributed by atoms with Crippen LogP contribution in [0.5, 0.6) is 0 Å². The molecule has 0 radical (unpaired) electrons. The maximum Gasteiger partial charge on any atom is 0.425 e. The van der Waals surface area contributed by atoms with E-state index in [1.165, 1.54) is 17.4 Å². The van der Waals surface area contributed by atoms with Crippen molar-refractivity contribution in [1.82, 2.24) is 14.9 Å². The summed E-state index contributed by atoms with van der Waals surface area (Å²) in [5, 5.41) is 3.67. The highest BCUT2D eigenvalue weighted by Crippen LogP contribution is 2.44. The van der Waals surface area contributed by atoms with Gasteiger partial charge in [0.05, 0.1) is 6.54 Å². The van der Waals surface area contributed by atoms with E-state index in [0.29, 0.717) is 5.56 Å². The molecule has 8 nitrogen and oxygen atoms in total. The first kappa shape index (κ1) is 19.7. The van der Waals surface area contributed by atoms with E-state index in [1.54, 1.807) is 17.1 Å². The number of alkyl halides is 3. The Morgan fingerprint density at radius 1 is 1.25 bits per heavy atom. The lowest BCUT2D eigenvalue weighted by Gasteiger charge is -2.29. The normalized spacial score (nSPS) is 18.5. The first-order chi connectivity index (χ1) is 13.0. The fraction of sp³-hybridized carbons (Fsp3) is 0.250. The molecule has 3 N–H and O–H groups in total. The van der Waals surface area contributed by atoms with Gasteiger partial charge in [-0.05, 0) is 11.6 Å². The summed E-state index contributed by atoms with van der Waals surface area (Å²) in [6.45, 7) is 0.443. The molecule has 3 rings (SSSR count). The van der Waals surface area contributed by atoms with Gasteiger partial charge in [-0.2, -0.15) is 13.2 Å². The lowest BCUT2D eigenvalue weighted by atomic mass is 9.92. The van der Waals surface area contributed by atoms with Crippen LogP contribution in [-0.2, 0) is 21.7 Å². The third-order valence-corrected chi connectivity index (χ3v) is 4.59. The minimum absolute atomic E-state index is 0.225. The van der Waals surface area contributed by atoms with Crippen molar-refractivity contribution in [3.8, 4) is 0 Å². The predicted molar refractivity (Wildman–Crippen MR) is 92.1 cm³/mol. The second-order valence-corrected chi connectivity index (χ2v) is 6.45. The quantitative estimate of drug-likeness (QED) is 0.695. The van der Waals surface area contributed by atoms with Gasteiger partial charge in [0.25, 0.3) is 11.5 Å². The number of amides is 2. The lowest BCUT2D eigenvalue weighted by molar-refractivity contribution is -0.200. The summed E-state index contributed by atoms with van der Waals surface area (Å²) in [5.74, 6) is -3.55. The molecule has 0 unspecified atom stereocenters. The predicted octanol–water partition coefficient (Wildman–Crippen LogP) is 1.08. The van der Waals surface area contributed by atoms with E-state index in [9.17, 15) is 32.3 Å².